The first-order valence-corrected chi connectivity index (χ1v) is 9.91. The highest BCUT2D eigenvalue weighted by Crippen LogP contribution is 2.29. The number of carboxylic acids is 1. The number of amides is 1. The molecule has 0 aromatic heterocycles. The summed E-state index contributed by atoms with van der Waals surface area (Å²) in [4.78, 5) is 28.0. The van der Waals surface area contributed by atoms with Crippen molar-refractivity contribution in [2.24, 2.45) is 5.92 Å². The molecule has 1 aromatic rings. The molecule has 1 atom stereocenters. The van der Waals surface area contributed by atoms with Crippen molar-refractivity contribution in [1.29, 1.82) is 0 Å². The molecule has 0 spiro atoms. The number of carbonyl (C=O) groups excluding carboxylic acids is 1. The van der Waals surface area contributed by atoms with Gasteiger partial charge in [0.2, 0.25) is 5.91 Å². The first-order chi connectivity index (χ1) is 13.0. The van der Waals surface area contributed by atoms with Crippen molar-refractivity contribution in [2.75, 3.05) is 26.7 Å². The van der Waals surface area contributed by atoms with Crippen LogP contribution in [0.1, 0.15) is 44.1 Å². The molecule has 2 fully saturated rings. The van der Waals surface area contributed by atoms with Crippen molar-refractivity contribution in [3.63, 3.8) is 0 Å². The van der Waals surface area contributed by atoms with Gasteiger partial charge in [-0.05, 0) is 62.3 Å². The van der Waals surface area contributed by atoms with E-state index in [0.717, 1.165) is 50.1 Å². The van der Waals surface area contributed by atoms with Crippen LogP contribution in [-0.2, 0) is 16.1 Å². The van der Waals surface area contributed by atoms with Gasteiger partial charge in [0.05, 0.1) is 13.7 Å². The van der Waals surface area contributed by atoms with Gasteiger partial charge < -0.3 is 14.7 Å². The fraction of sp³-hybridized carbons (Fsp3) is 0.619. The lowest BCUT2D eigenvalue weighted by Crippen LogP contribution is -2.44. The Morgan fingerprint density at radius 3 is 2.59 bits per heavy atom. The van der Waals surface area contributed by atoms with Crippen LogP contribution < -0.4 is 4.74 Å². The number of piperidine rings is 1. The Morgan fingerprint density at radius 1 is 1.22 bits per heavy atom. The number of hydrogen-bond donors (Lipinski definition) is 1. The van der Waals surface area contributed by atoms with Crippen LogP contribution in [0.15, 0.2) is 24.3 Å². The number of ether oxygens (including phenoxy) is 1. The average molecular weight is 374 g/mol. The predicted octanol–water partition coefficient (Wildman–Crippen LogP) is 2.76. The zero-order valence-electron chi connectivity index (χ0n) is 16.1. The highest BCUT2D eigenvalue weighted by Gasteiger charge is 2.33. The summed E-state index contributed by atoms with van der Waals surface area (Å²) in [6.45, 7) is 2.84. The van der Waals surface area contributed by atoms with Crippen LogP contribution in [0.3, 0.4) is 0 Å². The van der Waals surface area contributed by atoms with E-state index < -0.39 is 5.97 Å². The van der Waals surface area contributed by atoms with E-state index in [-0.39, 0.29) is 12.3 Å². The molecule has 6 nitrogen and oxygen atoms in total. The molecule has 2 aliphatic rings. The number of rotatable bonds is 9. The zero-order chi connectivity index (χ0) is 19.2. The topological polar surface area (TPSA) is 70.1 Å². The summed E-state index contributed by atoms with van der Waals surface area (Å²) in [6.07, 6.45) is 5.21. The van der Waals surface area contributed by atoms with Crippen LogP contribution in [0.25, 0.3) is 0 Å². The van der Waals surface area contributed by atoms with Gasteiger partial charge in [0.15, 0.2) is 0 Å². The van der Waals surface area contributed by atoms with E-state index in [0.29, 0.717) is 31.5 Å². The Morgan fingerprint density at radius 2 is 1.96 bits per heavy atom. The van der Waals surface area contributed by atoms with Gasteiger partial charge in [-0.2, -0.15) is 0 Å². The number of carbonyl (C=O) groups is 2. The Labute approximate surface area is 161 Å². The summed E-state index contributed by atoms with van der Waals surface area (Å²) >= 11 is 0. The van der Waals surface area contributed by atoms with Crippen molar-refractivity contribution in [1.82, 2.24) is 9.80 Å². The number of carboxylic acid groups (broad SMARTS) is 1. The fourth-order valence-corrected chi connectivity index (χ4v) is 3.87. The van der Waals surface area contributed by atoms with Gasteiger partial charge in [-0.1, -0.05) is 12.1 Å². The lowest BCUT2D eigenvalue weighted by Gasteiger charge is -2.34. The van der Waals surface area contributed by atoms with Crippen LogP contribution in [-0.4, -0.2) is 59.6 Å². The van der Waals surface area contributed by atoms with Gasteiger partial charge in [0.1, 0.15) is 5.75 Å². The van der Waals surface area contributed by atoms with Crippen molar-refractivity contribution in [3.8, 4) is 5.75 Å². The van der Waals surface area contributed by atoms with Gasteiger partial charge >= 0.3 is 5.97 Å². The van der Waals surface area contributed by atoms with E-state index in [9.17, 15) is 9.59 Å². The Balaban J connectivity index is 1.54. The fourth-order valence-electron chi connectivity index (χ4n) is 3.87. The molecule has 0 bridgehead atoms. The number of aliphatic carboxylic acids is 1. The molecular formula is C21H30N2O4. The van der Waals surface area contributed by atoms with Crippen LogP contribution >= 0.6 is 0 Å². The van der Waals surface area contributed by atoms with Crippen molar-refractivity contribution < 1.29 is 19.4 Å². The zero-order valence-corrected chi connectivity index (χ0v) is 16.1. The standard InChI is InChI=1S/C21H30N2O4/c1-27-19-9-4-17(5-10-19)14-23(18-7-8-18)20(24)15-22-12-2-3-16(13-22)6-11-21(25)26/h4-5,9-10,16,18H,2-3,6-8,11-15H2,1H3,(H,25,26). The van der Waals surface area contributed by atoms with Crippen LogP contribution in [0.2, 0.25) is 0 Å². The maximum atomic E-state index is 13.0. The second-order valence-corrected chi connectivity index (χ2v) is 7.78. The minimum atomic E-state index is -0.734. The second kappa shape index (κ2) is 9.22. The van der Waals surface area contributed by atoms with E-state index in [1.807, 2.05) is 29.2 Å². The number of methoxy groups -OCH3 is 1. The summed E-state index contributed by atoms with van der Waals surface area (Å²) in [5.74, 6) is 0.664. The SMILES string of the molecule is COc1ccc(CN(C(=O)CN2CCCC(CCC(=O)O)C2)C2CC2)cc1. The molecule has 1 aliphatic heterocycles. The van der Waals surface area contributed by atoms with Crippen LogP contribution in [0.5, 0.6) is 5.75 Å². The molecule has 148 valence electrons. The van der Waals surface area contributed by atoms with E-state index in [1.54, 1.807) is 7.11 Å². The van der Waals surface area contributed by atoms with Gasteiger partial charge in [0.25, 0.3) is 0 Å². The summed E-state index contributed by atoms with van der Waals surface area (Å²) in [6, 6.07) is 8.27. The molecule has 1 saturated carbocycles. The summed E-state index contributed by atoms with van der Waals surface area (Å²) < 4.78 is 5.20. The molecule has 3 rings (SSSR count). The molecule has 0 radical (unpaired) electrons. The predicted molar refractivity (Wildman–Crippen MR) is 103 cm³/mol. The average Bonchev–Trinajstić information content (AvgIpc) is 3.50. The minimum absolute atomic E-state index is 0.187. The molecule has 1 amide bonds. The normalized spacial score (nSPS) is 20.3. The number of likely N-dealkylation sites (tertiary alicyclic amines) is 1. The van der Waals surface area contributed by atoms with E-state index in [4.69, 9.17) is 9.84 Å². The third-order valence-corrected chi connectivity index (χ3v) is 5.55. The molecule has 1 aliphatic carbocycles. The summed E-state index contributed by atoms with van der Waals surface area (Å²) in [5.41, 5.74) is 1.12. The van der Waals surface area contributed by atoms with Gasteiger partial charge in [-0.15, -0.1) is 0 Å². The third-order valence-electron chi connectivity index (χ3n) is 5.55. The highest BCUT2D eigenvalue weighted by atomic mass is 16.5. The summed E-state index contributed by atoms with van der Waals surface area (Å²) in [7, 11) is 1.65. The van der Waals surface area contributed by atoms with Crippen molar-refractivity contribution in [2.45, 2.75) is 51.1 Å². The Hall–Kier alpha value is -2.08. The quantitative estimate of drug-likeness (QED) is 0.720. The van der Waals surface area contributed by atoms with E-state index in [2.05, 4.69) is 4.90 Å². The first kappa shape index (κ1) is 19.7. The smallest absolute Gasteiger partial charge is 0.303 e. The maximum Gasteiger partial charge on any atom is 0.303 e. The first-order valence-electron chi connectivity index (χ1n) is 9.91. The monoisotopic (exact) mass is 374 g/mol. The van der Waals surface area contributed by atoms with E-state index in [1.165, 1.54) is 0 Å². The van der Waals surface area contributed by atoms with Gasteiger partial charge in [-0.3, -0.25) is 14.5 Å². The number of hydrogen-bond acceptors (Lipinski definition) is 4. The van der Waals surface area contributed by atoms with Crippen LogP contribution in [0.4, 0.5) is 0 Å². The molecular weight excluding hydrogens is 344 g/mol. The molecule has 1 saturated heterocycles. The van der Waals surface area contributed by atoms with Gasteiger partial charge in [0, 0.05) is 25.6 Å². The lowest BCUT2D eigenvalue weighted by atomic mass is 9.93. The van der Waals surface area contributed by atoms with Crippen LogP contribution in [0, 0.1) is 5.92 Å². The second-order valence-electron chi connectivity index (χ2n) is 7.78. The number of nitrogens with zero attached hydrogens (tertiary/aromatic N) is 2. The maximum absolute atomic E-state index is 13.0. The molecule has 27 heavy (non-hydrogen) atoms. The third kappa shape index (κ3) is 5.96. The molecule has 1 aromatic carbocycles. The Kier molecular flexibility index (Phi) is 6.72. The molecule has 1 N–H and O–H groups in total. The van der Waals surface area contributed by atoms with Gasteiger partial charge in [-0.25, -0.2) is 0 Å². The Bertz CT molecular complexity index is 642. The lowest BCUT2D eigenvalue weighted by molar-refractivity contribution is -0.138. The van der Waals surface area contributed by atoms with Crippen molar-refractivity contribution >= 4 is 11.9 Å². The van der Waals surface area contributed by atoms with E-state index >= 15 is 0 Å². The number of benzene rings is 1. The molecule has 1 unspecified atom stereocenters. The highest BCUT2D eigenvalue weighted by molar-refractivity contribution is 5.79. The summed E-state index contributed by atoms with van der Waals surface area (Å²) in [5, 5.41) is 8.89. The molecule has 6 heteroatoms. The molecule has 1 heterocycles. The minimum Gasteiger partial charge on any atom is -0.497 e. The largest absolute Gasteiger partial charge is 0.497 e. The van der Waals surface area contributed by atoms with Crippen molar-refractivity contribution in [3.05, 3.63) is 29.8 Å².